The summed E-state index contributed by atoms with van der Waals surface area (Å²) in [5.41, 5.74) is -1.77. The largest absolute Gasteiger partial charge is 0.379 e. The van der Waals surface area contributed by atoms with E-state index < -0.39 is 29.1 Å². The zero-order valence-corrected chi connectivity index (χ0v) is 13.8. The van der Waals surface area contributed by atoms with Crippen LogP contribution in [0.15, 0.2) is 29.3 Å². The minimum absolute atomic E-state index is 0.103. The molecule has 0 spiro atoms. The van der Waals surface area contributed by atoms with Crippen molar-refractivity contribution in [1.29, 1.82) is 0 Å². The Hall–Kier alpha value is -1.84. The molecule has 5 heteroatoms. The van der Waals surface area contributed by atoms with Crippen molar-refractivity contribution in [2.75, 3.05) is 0 Å². The summed E-state index contributed by atoms with van der Waals surface area (Å²) < 4.78 is 0. The maximum atomic E-state index is 12.5. The molecular weight excluding hydrogens is 282 g/mol. The van der Waals surface area contributed by atoms with Crippen molar-refractivity contribution in [3.63, 3.8) is 0 Å². The van der Waals surface area contributed by atoms with Crippen molar-refractivity contribution in [3.8, 4) is 0 Å². The Morgan fingerprint density at radius 2 is 1.82 bits per heavy atom. The van der Waals surface area contributed by atoms with Gasteiger partial charge in [0.25, 0.3) is 0 Å². The predicted octanol–water partition coefficient (Wildman–Crippen LogP) is 2.54. The summed E-state index contributed by atoms with van der Waals surface area (Å²) in [7, 11) is 0. The third-order valence-electron chi connectivity index (χ3n) is 3.75. The summed E-state index contributed by atoms with van der Waals surface area (Å²) >= 11 is 0. The zero-order valence-electron chi connectivity index (χ0n) is 13.8. The van der Waals surface area contributed by atoms with Crippen LogP contribution in [0.2, 0.25) is 0 Å². The number of aliphatic hydroxyl groups is 1. The molecule has 0 amide bonds. The van der Waals surface area contributed by atoms with Crippen LogP contribution < -0.4 is 0 Å². The predicted molar refractivity (Wildman–Crippen MR) is 85.2 cm³/mol. The van der Waals surface area contributed by atoms with Gasteiger partial charge in [0.15, 0.2) is 17.2 Å². The highest BCUT2D eigenvalue weighted by Gasteiger charge is 2.51. The van der Waals surface area contributed by atoms with Crippen LogP contribution in [0, 0.1) is 5.92 Å². The van der Waals surface area contributed by atoms with Crippen molar-refractivity contribution in [3.05, 3.63) is 24.3 Å². The molecule has 1 N–H and O–H groups in total. The summed E-state index contributed by atoms with van der Waals surface area (Å²) in [6.07, 6.45) is 3.09. The first-order chi connectivity index (χ1) is 10.1. The van der Waals surface area contributed by atoms with Crippen LogP contribution >= 0.6 is 0 Å². The third-order valence-corrected chi connectivity index (χ3v) is 3.75. The quantitative estimate of drug-likeness (QED) is 0.382. The number of aliphatic imine (C=N–C) groups is 1. The molecule has 0 aliphatic heterocycles. The molecule has 5 nitrogen and oxygen atoms in total. The van der Waals surface area contributed by atoms with Gasteiger partial charge in [0.2, 0.25) is 6.08 Å². The second-order valence-electron chi connectivity index (χ2n) is 5.67. The molecule has 0 aromatic heterocycles. The van der Waals surface area contributed by atoms with Gasteiger partial charge in [0.1, 0.15) is 0 Å². The molecule has 0 aromatic carbocycles. The van der Waals surface area contributed by atoms with Crippen LogP contribution in [-0.4, -0.2) is 34.4 Å². The Morgan fingerprint density at radius 3 is 2.18 bits per heavy atom. The normalized spacial score (nSPS) is 15.9. The smallest absolute Gasteiger partial charge is 0.235 e. The van der Waals surface area contributed by atoms with Crippen molar-refractivity contribution >= 4 is 17.6 Å². The SMILES string of the molecule is C=C(C)C(=O)C(CCCC)C(O)(C(=O)C(=C)C)C(C)N=C=O. The molecular formula is C17H25NO4. The maximum Gasteiger partial charge on any atom is 0.235 e. The van der Waals surface area contributed by atoms with E-state index in [2.05, 4.69) is 18.2 Å². The number of allylic oxidation sites excluding steroid dienone is 1. The van der Waals surface area contributed by atoms with E-state index >= 15 is 0 Å². The monoisotopic (exact) mass is 307 g/mol. The van der Waals surface area contributed by atoms with Gasteiger partial charge in [-0.3, -0.25) is 9.59 Å². The van der Waals surface area contributed by atoms with Crippen molar-refractivity contribution in [2.45, 2.75) is 58.6 Å². The van der Waals surface area contributed by atoms with Gasteiger partial charge < -0.3 is 5.11 Å². The lowest BCUT2D eigenvalue weighted by Gasteiger charge is -2.36. The Balaban J connectivity index is 6.09. The summed E-state index contributed by atoms with van der Waals surface area (Å²) in [5.74, 6) is -2.10. The first-order valence-electron chi connectivity index (χ1n) is 7.33. The first kappa shape index (κ1) is 20.2. The average molecular weight is 307 g/mol. The molecule has 0 saturated carbocycles. The number of ketones is 2. The van der Waals surface area contributed by atoms with Crippen LogP contribution in [-0.2, 0) is 14.4 Å². The molecule has 0 heterocycles. The van der Waals surface area contributed by atoms with E-state index in [4.69, 9.17) is 0 Å². The van der Waals surface area contributed by atoms with E-state index in [-0.39, 0.29) is 11.1 Å². The van der Waals surface area contributed by atoms with Crippen molar-refractivity contribution in [2.24, 2.45) is 10.9 Å². The molecule has 3 unspecified atom stereocenters. The number of hydrogen-bond donors (Lipinski definition) is 1. The fourth-order valence-corrected chi connectivity index (χ4v) is 2.42. The van der Waals surface area contributed by atoms with Crippen molar-refractivity contribution < 1.29 is 19.5 Å². The Morgan fingerprint density at radius 1 is 1.27 bits per heavy atom. The van der Waals surface area contributed by atoms with Gasteiger partial charge in [0.05, 0.1) is 12.0 Å². The molecule has 0 rings (SSSR count). The lowest BCUT2D eigenvalue weighted by atomic mass is 9.71. The third kappa shape index (κ3) is 4.33. The van der Waals surface area contributed by atoms with Crippen LogP contribution in [0.1, 0.15) is 47.0 Å². The number of carbonyl (C=O) groups is 2. The Bertz CT molecular complexity index is 517. The van der Waals surface area contributed by atoms with Gasteiger partial charge in [-0.15, -0.1) is 0 Å². The van der Waals surface area contributed by atoms with Crippen LogP contribution in [0.3, 0.4) is 0 Å². The topological polar surface area (TPSA) is 83.8 Å². The maximum absolute atomic E-state index is 12.5. The van der Waals surface area contributed by atoms with E-state index in [1.54, 1.807) is 0 Å². The molecule has 22 heavy (non-hydrogen) atoms. The van der Waals surface area contributed by atoms with E-state index in [0.717, 1.165) is 6.42 Å². The van der Waals surface area contributed by atoms with Gasteiger partial charge in [0, 0.05) is 0 Å². The Kier molecular flexibility index (Phi) is 7.85. The molecule has 0 radical (unpaired) electrons. The van der Waals surface area contributed by atoms with Gasteiger partial charge in [-0.05, 0) is 38.3 Å². The minimum atomic E-state index is -2.12. The van der Waals surface area contributed by atoms with E-state index in [1.807, 2.05) is 6.92 Å². The van der Waals surface area contributed by atoms with E-state index in [0.29, 0.717) is 12.8 Å². The van der Waals surface area contributed by atoms with E-state index in [1.165, 1.54) is 26.9 Å². The number of unbranched alkanes of at least 4 members (excludes halogenated alkanes) is 1. The zero-order chi connectivity index (χ0) is 17.5. The first-order valence-corrected chi connectivity index (χ1v) is 7.33. The van der Waals surface area contributed by atoms with Crippen LogP contribution in [0.25, 0.3) is 0 Å². The summed E-state index contributed by atoms with van der Waals surface area (Å²) in [5, 5.41) is 11.0. The number of isocyanates is 1. The Labute approximate surface area is 131 Å². The van der Waals surface area contributed by atoms with E-state index in [9.17, 15) is 19.5 Å². The summed E-state index contributed by atoms with van der Waals surface area (Å²) in [6.45, 7) is 13.5. The number of nitrogens with zero attached hydrogens (tertiary/aromatic N) is 1. The number of Topliss-reactive ketones (excluding diaryl/α,β-unsaturated/α-hetero) is 2. The van der Waals surface area contributed by atoms with Gasteiger partial charge in [-0.25, -0.2) is 4.79 Å². The van der Waals surface area contributed by atoms with Gasteiger partial charge in [-0.2, -0.15) is 4.99 Å². The lowest BCUT2D eigenvalue weighted by Crippen LogP contribution is -2.56. The standard InChI is InChI=1S/C17H25NO4/c1-7-8-9-14(15(20)11(2)3)17(22,13(6)18-10-19)16(21)12(4)5/h13-14,22H,2,4,7-9H2,1,3,5-6H3. The molecule has 0 aliphatic rings. The van der Waals surface area contributed by atoms with Crippen LogP contribution in [0.4, 0.5) is 0 Å². The lowest BCUT2D eigenvalue weighted by molar-refractivity contribution is -0.149. The van der Waals surface area contributed by atoms with Gasteiger partial charge >= 0.3 is 0 Å². The van der Waals surface area contributed by atoms with Crippen molar-refractivity contribution in [1.82, 2.24) is 0 Å². The number of hydrogen-bond acceptors (Lipinski definition) is 5. The molecule has 0 bridgehead atoms. The highest BCUT2D eigenvalue weighted by molar-refractivity contribution is 6.07. The number of rotatable bonds is 10. The highest BCUT2D eigenvalue weighted by atomic mass is 16.3. The molecule has 0 aliphatic carbocycles. The molecule has 3 atom stereocenters. The average Bonchev–Trinajstić information content (AvgIpc) is 2.45. The molecule has 122 valence electrons. The van der Waals surface area contributed by atoms with Crippen LogP contribution in [0.5, 0.6) is 0 Å². The number of carbonyl (C=O) groups excluding carboxylic acids is 3. The minimum Gasteiger partial charge on any atom is -0.379 e. The molecule has 0 aromatic rings. The summed E-state index contributed by atoms with van der Waals surface area (Å²) in [6, 6.07) is -1.10. The fraction of sp³-hybridized carbons (Fsp3) is 0.588. The second kappa shape index (κ2) is 8.57. The summed E-state index contributed by atoms with van der Waals surface area (Å²) in [4.78, 5) is 39.0. The highest BCUT2D eigenvalue weighted by Crippen LogP contribution is 2.33. The molecule has 0 saturated heterocycles. The second-order valence-corrected chi connectivity index (χ2v) is 5.67. The molecule has 0 fully saturated rings. The van der Waals surface area contributed by atoms with Gasteiger partial charge in [-0.1, -0.05) is 32.9 Å². The fourth-order valence-electron chi connectivity index (χ4n) is 2.42.